The van der Waals surface area contributed by atoms with E-state index in [2.05, 4.69) is 17.2 Å². The molecule has 0 bridgehead atoms. The number of nitrogens with one attached hydrogen (secondary N) is 1. The van der Waals surface area contributed by atoms with Crippen LogP contribution in [-0.4, -0.2) is 37.3 Å². The van der Waals surface area contributed by atoms with Gasteiger partial charge in [-0.05, 0) is 51.3 Å². The molecule has 1 aliphatic rings. The van der Waals surface area contributed by atoms with E-state index in [-0.39, 0.29) is 0 Å². The first-order valence-corrected chi connectivity index (χ1v) is 6.73. The quantitative estimate of drug-likeness (QED) is 0.854. The van der Waals surface area contributed by atoms with Crippen molar-refractivity contribution in [2.75, 3.05) is 27.3 Å². The number of methoxy groups -OCH3 is 1. The standard InChI is InChI=1S/C14H23N3O/c1-10-12-8-11(9-15-2)4-5-13(12)17-14(16-10)6-7-18-3/h11,15H,4-9H2,1-3H3. The highest BCUT2D eigenvalue weighted by Crippen LogP contribution is 2.25. The van der Waals surface area contributed by atoms with Gasteiger partial charge in [0, 0.05) is 24.9 Å². The highest BCUT2D eigenvalue weighted by atomic mass is 16.5. The summed E-state index contributed by atoms with van der Waals surface area (Å²) >= 11 is 0. The first-order valence-electron chi connectivity index (χ1n) is 6.73. The topological polar surface area (TPSA) is 47.0 Å². The average molecular weight is 249 g/mol. The lowest BCUT2D eigenvalue weighted by atomic mass is 9.86. The van der Waals surface area contributed by atoms with Gasteiger partial charge in [-0.1, -0.05) is 0 Å². The van der Waals surface area contributed by atoms with Crippen LogP contribution >= 0.6 is 0 Å². The highest BCUT2D eigenvalue weighted by molar-refractivity contribution is 5.28. The third-order valence-corrected chi connectivity index (χ3v) is 3.65. The molecular weight excluding hydrogens is 226 g/mol. The van der Waals surface area contributed by atoms with Gasteiger partial charge in [-0.3, -0.25) is 0 Å². The number of nitrogens with zero attached hydrogens (tertiary/aromatic N) is 2. The summed E-state index contributed by atoms with van der Waals surface area (Å²) in [5, 5.41) is 3.27. The van der Waals surface area contributed by atoms with E-state index in [4.69, 9.17) is 9.72 Å². The zero-order valence-corrected chi connectivity index (χ0v) is 11.6. The van der Waals surface area contributed by atoms with Crippen LogP contribution in [-0.2, 0) is 24.0 Å². The molecule has 1 unspecified atom stereocenters. The molecule has 0 saturated heterocycles. The Kier molecular flexibility index (Phi) is 4.66. The molecule has 100 valence electrons. The Hall–Kier alpha value is -1.00. The Labute approximate surface area is 109 Å². The molecule has 0 saturated carbocycles. The van der Waals surface area contributed by atoms with Gasteiger partial charge in [0.05, 0.1) is 6.61 Å². The molecule has 0 aliphatic heterocycles. The summed E-state index contributed by atoms with van der Waals surface area (Å²) < 4.78 is 5.09. The summed E-state index contributed by atoms with van der Waals surface area (Å²) in [7, 11) is 3.74. The third kappa shape index (κ3) is 3.06. The largest absolute Gasteiger partial charge is 0.384 e. The molecule has 1 aliphatic carbocycles. The fourth-order valence-corrected chi connectivity index (χ4v) is 2.69. The molecule has 2 rings (SSSR count). The first kappa shape index (κ1) is 13.4. The lowest BCUT2D eigenvalue weighted by molar-refractivity contribution is 0.200. The van der Waals surface area contributed by atoms with Crippen LogP contribution < -0.4 is 5.32 Å². The molecule has 0 fully saturated rings. The number of ether oxygens (including phenoxy) is 1. The van der Waals surface area contributed by atoms with E-state index in [9.17, 15) is 0 Å². The monoisotopic (exact) mass is 249 g/mol. The van der Waals surface area contributed by atoms with Crippen LogP contribution in [0.1, 0.15) is 29.2 Å². The van der Waals surface area contributed by atoms with Crippen LogP contribution in [0.25, 0.3) is 0 Å². The molecule has 1 atom stereocenters. The van der Waals surface area contributed by atoms with Crippen LogP contribution in [0.3, 0.4) is 0 Å². The normalized spacial score (nSPS) is 18.7. The van der Waals surface area contributed by atoms with E-state index in [1.807, 2.05) is 7.05 Å². The molecule has 1 aromatic rings. The van der Waals surface area contributed by atoms with Gasteiger partial charge >= 0.3 is 0 Å². The SMILES string of the molecule is CNCC1CCc2nc(CCOC)nc(C)c2C1. The summed E-state index contributed by atoms with van der Waals surface area (Å²) in [4.78, 5) is 9.30. The van der Waals surface area contributed by atoms with Crippen molar-refractivity contribution in [1.29, 1.82) is 0 Å². The number of aryl methyl sites for hydroxylation is 2. The maximum Gasteiger partial charge on any atom is 0.131 e. The molecule has 0 radical (unpaired) electrons. The summed E-state index contributed by atoms with van der Waals surface area (Å²) in [6.45, 7) is 3.89. The van der Waals surface area contributed by atoms with Gasteiger partial charge in [0.1, 0.15) is 5.82 Å². The summed E-state index contributed by atoms with van der Waals surface area (Å²) in [5.41, 5.74) is 3.80. The van der Waals surface area contributed by atoms with Gasteiger partial charge in [0.15, 0.2) is 0 Å². The Morgan fingerprint density at radius 1 is 1.39 bits per heavy atom. The maximum atomic E-state index is 5.09. The molecule has 0 amide bonds. The molecule has 1 heterocycles. The second kappa shape index (κ2) is 6.25. The smallest absolute Gasteiger partial charge is 0.131 e. The van der Waals surface area contributed by atoms with Crippen molar-refractivity contribution in [3.8, 4) is 0 Å². The lowest BCUT2D eigenvalue weighted by Gasteiger charge is -2.25. The molecule has 4 nitrogen and oxygen atoms in total. The predicted octanol–water partition coefficient (Wildman–Crippen LogP) is 1.30. The molecule has 0 aromatic carbocycles. The van der Waals surface area contributed by atoms with Crippen molar-refractivity contribution in [3.05, 3.63) is 22.8 Å². The van der Waals surface area contributed by atoms with E-state index in [0.29, 0.717) is 6.61 Å². The lowest BCUT2D eigenvalue weighted by Crippen LogP contribution is -2.26. The summed E-state index contributed by atoms with van der Waals surface area (Å²) in [6.07, 6.45) is 4.25. The zero-order chi connectivity index (χ0) is 13.0. The minimum atomic E-state index is 0.695. The summed E-state index contributed by atoms with van der Waals surface area (Å²) in [6, 6.07) is 0. The Morgan fingerprint density at radius 2 is 2.22 bits per heavy atom. The number of hydrogen-bond donors (Lipinski definition) is 1. The van der Waals surface area contributed by atoms with Crippen molar-refractivity contribution in [2.24, 2.45) is 5.92 Å². The molecule has 0 spiro atoms. The van der Waals surface area contributed by atoms with Crippen molar-refractivity contribution in [1.82, 2.24) is 15.3 Å². The van der Waals surface area contributed by atoms with Crippen molar-refractivity contribution >= 4 is 0 Å². The number of aromatic nitrogens is 2. The molecule has 1 aromatic heterocycles. The zero-order valence-electron chi connectivity index (χ0n) is 11.6. The second-order valence-electron chi connectivity index (χ2n) is 5.06. The van der Waals surface area contributed by atoms with Crippen molar-refractivity contribution in [2.45, 2.75) is 32.6 Å². The van der Waals surface area contributed by atoms with Crippen LogP contribution in [0.5, 0.6) is 0 Å². The Bertz CT molecular complexity index is 406. The Morgan fingerprint density at radius 3 is 2.94 bits per heavy atom. The van der Waals surface area contributed by atoms with E-state index in [1.165, 1.54) is 17.7 Å². The second-order valence-corrected chi connectivity index (χ2v) is 5.06. The minimum Gasteiger partial charge on any atom is -0.384 e. The van der Waals surface area contributed by atoms with Crippen molar-refractivity contribution in [3.63, 3.8) is 0 Å². The first-order chi connectivity index (χ1) is 8.74. The van der Waals surface area contributed by atoms with E-state index in [1.54, 1.807) is 7.11 Å². The molecule has 4 heteroatoms. The minimum absolute atomic E-state index is 0.695. The van der Waals surface area contributed by atoms with Gasteiger partial charge < -0.3 is 10.1 Å². The van der Waals surface area contributed by atoms with Crippen molar-refractivity contribution < 1.29 is 4.74 Å². The fraction of sp³-hybridized carbons (Fsp3) is 0.714. The maximum absolute atomic E-state index is 5.09. The fourth-order valence-electron chi connectivity index (χ4n) is 2.69. The number of hydrogen-bond acceptors (Lipinski definition) is 4. The molecule has 1 N–H and O–H groups in total. The molecular formula is C14H23N3O. The predicted molar refractivity (Wildman–Crippen MR) is 71.8 cm³/mol. The van der Waals surface area contributed by atoms with Gasteiger partial charge in [-0.2, -0.15) is 0 Å². The van der Waals surface area contributed by atoms with Crippen LogP contribution in [0.4, 0.5) is 0 Å². The summed E-state index contributed by atoms with van der Waals surface area (Å²) in [5.74, 6) is 1.66. The molecule has 18 heavy (non-hydrogen) atoms. The number of rotatable bonds is 5. The number of fused-ring (bicyclic) bond motifs is 1. The van der Waals surface area contributed by atoms with Gasteiger partial charge in [-0.15, -0.1) is 0 Å². The van der Waals surface area contributed by atoms with E-state index in [0.717, 1.165) is 43.2 Å². The third-order valence-electron chi connectivity index (χ3n) is 3.65. The average Bonchev–Trinajstić information content (AvgIpc) is 2.37. The Balaban J connectivity index is 2.15. The van der Waals surface area contributed by atoms with E-state index < -0.39 is 0 Å². The van der Waals surface area contributed by atoms with Crippen LogP contribution in [0, 0.1) is 12.8 Å². The van der Waals surface area contributed by atoms with Crippen LogP contribution in [0.15, 0.2) is 0 Å². The van der Waals surface area contributed by atoms with E-state index >= 15 is 0 Å². The van der Waals surface area contributed by atoms with Gasteiger partial charge in [0.25, 0.3) is 0 Å². The van der Waals surface area contributed by atoms with Gasteiger partial charge in [-0.25, -0.2) is 9.97 Å². The highest BCUT2D eigenvalue weighted by Gasteiger charge is 2.22. The van der Waals surface area contributed by atoms with Gasteiger partial charge in [0.2, 0.25) is 0 Å². The van der Waals surface area contributed by atoms with Crippen LogP contribution in [0.2, 0.25) is 0 Å².